The van der Waals surface area contributed by atoms with Crippen molar-refractivity contribution in [2.75, 3.05) is 0 Å². The van der Waals surface area contributed by atoms with Crippen LogP contribution in [0.4, 0.5) is 0 Å². The van der Waals surface area contributed by atoms with Crippen molar-refractivity contribution in [3.63, 3.8) is 0 Å². The predicted octanol–water partition coefficient (Wildman–Crippen LogP) is 1.54. The summed E-state index contributed by atoms with van der Waals surface area (Å²) >= 11 is 0. The molecule has 0 saturated carbocycles. The van der Waals surface area contributed by atoms with Gasteiger partial charge in [0.1, 0.15) is 17.4 Å². The van der Waals surface area contributed by atoms with Crippen molar-refractivity contribution in [3.05, 3.63) is 40.2 Å². The number of carbonyl (C=O) groups is 1. The highest BCUT2D eigenvalue weighted by Crippen LogP contribution is 2.43. The van der Waals surface area contributed by atoms with Gasteiger partial charge in [-0.1, -0.05) is 0 Å². The monoisotopic (exact) mass is 284 g/mol. The van der Waals surface area contributed by atoms with Gasteiger partial charge in [0, 0.05) is 37.2 Å². The van der Waals surface area contributed by atoms with Gasteiger partial charge in [-0.3, -0.25) is 9.48 Å². The Bertz CT molecular complexity index is 733. The summed E-state index contributed by atoms with van der Waals surface area (Å²) in [6.45, 7) is 1.86. The molecule has 1 aromatic rings. The molecule has 0 saturated heterocycles. The zero-order chi connectivity index (χ0) is 15.1. The van der Waals surface area contributed by atoms with Gasteiger partial charge in [0.2, 0.25) is 5.88 Å². The molecule has 21 heavy (non-hydrogen) atoms. The van der Waals surface area contributed by atoms with Crippen LogP contribution in [0.3, 0.4) is 0 Å². The Morgan fingerprint density at radius 2 is 2.29 bits per heavy atom. The normalized spacial score (nSPS) is 22.0. The molecule has 1 aliphatic heterocycles. The second-order valence-corrected chi connectivity index (χ2v) is 5.38. The first-order valence-electron chi connectivity index (χ1n) is 6.87. The summed E-state index contributed by atoms with van der Waals surface area (Å²) in [5.74, 6) is 0.278. The van der Waals surface area contributed by atoms with E-state index < -0.39 is 5.92 Å². The number of hydrogen-bond acceptors (Lipinski definition) is 5. The van der Waals surface area contributed by atoms with Crippen LogP contribution in [0.2, 0.25) is 0 Å². The van der Waals surface area contributed by atoms with Gasteiger partial charge in [0.25, 0.3) is 0 Å². The Balaban J connectivity index is 2.22. The Morgan fingerprint density at radius 3 is 2.90 bits per heavy atom. The second-order valence-electron chi connectivity index (χ2n) is 5.38. The van der Waals surface area contributed by atoms with Gasteiger partial charge in [-0.25, -0.2) is 0 Å². The zero-order valence-electron chi connectivity index (χ0n) is 12.0. The summed E-state index contributed by atoms with van der Waals surface area (Å²) in [5.41, 5.74) is 8.38. The van der Waals surface area contributed by atoms with E-state index in [9.17, 15) is 10.1 Å². The molecule has 108 valence electrons. The van der Waals surface area contributed by atoms with E-state index in [-0.39, 0.29) is 11.7 Å². The second kappa shape index (κ2) is 4.77. The van der Waals surface area contributed by atoms with Crippen LogP contribution in [-0.4, -0.2) is 15.6 Å². The molecule has 0 radical (unpaired) electrons. The fourth-order valence-corrected chi connectivity index (χ4v) is 3.07. The van der Waals surface area contributed by atoms with Crippen LogP contribution in [0.5, 0.6) is 0 Å². The fraction of sp³-hybridized carbons (Fsp3) is 0.400. The van der Waals surface area contributed by atoms with Crippen LogP contribution >= 0.6 is 0 Å². The number of rotatable bonds is 1. The van der Waals surface area contributed by atoms with Crippen molar-refractivity contribution in [2.24, 2.45) is 12.8 Å². The molecule has 2 aliphatic rings. The molecular formula is C15H16N4O2. The Labute approximate surface area is 122 Å². The van der Waals surface area contributed by atoms with Gasteiger partial charge >= 0.3 is 0 Å². The highest BCUT2D eigenvalue weighted by atomic mass is 16.5. The highest BCUT2D eigenvalue weighted by molar-refractivity contribution is 5.99. The molecule has 1 atom stereocenters. The van der Waals surface area contributed by atoms with Crippen molar-refractivity contribution in [3.8, 4) is 6.07 Å². The van der Waals surface area contributed by atoms with E-state index in [0.29, 0.717) is 29.7 Å². The van der Waals surface area contributed by atoms with Gasteiger partial charge in [-0.05, 0) is 13.3 Å². The highest BCUT2D eigenvalue weighted by Gasteiger charge is 2.39. The van der Waals surface area contributed by atoms with Gasteiger partial charge in [-0.15, -0.1) is 0 Å². The lowest BCUT2D eigenvalue weighted by molar-refractivity contribution is -0.116. The Hall–Kier alpha value is -2.55. The molecule has 1 aromatic heterocycles. The molecule has 1 aliphatic carbocycles. The molecule has 2 heterocycles. The number of nitrogens with two attached hydrogens (primary N) is 1. The van der Waals surface area contributed by atoms with E-state index >= 15 is 0 Å². The quantitative estimate of drug-likeness (QED) is 0.844. The number of aryl methyl sites for hydroxylation is 2. The summed E-state index contributed by atoms with van der Waals surface area (Å²) in [5, 5.41) is 13.8. The van der Waals surface area contributed by atoms with Crippen molar-refractivity contribution in [1.82, 2.24) is 9.78 Å². The van der Waals surface area contributed by atoms with E-state index in [4.69, 9.17) is 10.5 Å². The van der Waals surface area contributed by atoms with Crippen molar-refractivity contribution in [1.29, 1.82) is 5.26 Å². The fourth-order valence-electron chi connectivity index (χ4n) is 3.07. The maximum Gasteiger partial charge on any atom is 0.205 e. The first kappa shape index (κ1) is 13.4. The maximum absolute atomic E-state index is 12.4. The number of ether oxygens (including phenoxy) is 1. The van der Waals surface area contributed by atoms with Crippen LogP contribution in [0.25, 0.3) is 0 Å². The van der Waals surface area contributed by atoms with Crippen molar-refractivity contribution < 1.29 is 9.53 Å². The van der Waals surface area contributed by atoms with Gasteiger partial charge in [0.05, 0.1) is 11.6 Å². The van der Waals surface area contributed by atoms with Crippen LogP contribution in [-0.2, 0) is 16.6 Å². The number of ketones is 1. The summed E-state index contributed by atoms with van der Waals surface area (Å²) in [6.07, 6.45) is 3.75. The minimum Gasteiger partial charge on any atom is -0.444 e. The molecule has 0 aromatic carbocycles. The lowest BCUT2D eigenvalue weighted by Crippen LogP contribution is -2.27. The van der Waals surface area contributed by atoms with Gasteiger partial charge < -0.3 is 10.5 Å². The SMILES string of the molecule is Cc1nn(C)cc1[C@@H]1C(C#N)=C(N)OC2=C1C(=O)CCC2. The van der Waals surface area contributed by atoms with E-state index in [0.717, 1.165) is 17.7 Å². The summed E-state index contributed by atoms with van der Waals surface area (Å²) < 4.78 is 7.21. The van der Waals surface area contributed by atoms with Gasteiger partial charge in [-0.2, -0.15) is 10.4 Å². The minimum absolute atomic E-state index is 0.0322. The van der Waals surface area contributed by atoms with Crippen LogP contribution in [0, 0.1) is 18.3 Å². The van der Waals surface area contributed by atoms with Crippen LogP contribution in [0.1, 0.15) is 36.4 Å². The number of nitrogens with zero attached hydrogens (tertiary/aromatic N) is 3. The van der Waals surface area contributed by atoms with Crippen molar-refractivity contribution >= 4 is 5.78 Å². The molecule has 0 bridgehead atoms. The first-order chi connectivity index (χ1) is 10.0. The van der Waals surface area contributed by atoms with E-state index in [1.165, 1.54) is 0 Å². The number of hydrogen-bond donors (Lipinski definition) is 1. The molecular weight excluding hydrogens is 268 g/mol. The third-order valence-electron chi connectivity index (χ3n) is 3.97. The van der Waals surface area contributed by atoms with E-state index in [1.54, 1.807) is 4.68 Å². The lowest BCUT2D eigenvalue weighted by Gasteiger charge is -2.30. The lowest BCUT2D eigenvalue weighted by atomic mass is 9.78. The van der Waals surface area contributed by atoms with Crippen LogP contribution < -0.4 is 5.73 Å². The Morgan fingerprint density at radius 1 is 1.52 bits per heavy atom. The molecule has 0 fully saturated rings. The summed E-state index contributed by atoms with van der Waals surface area (Å²) in [7, 11) is 1.81. The summed E-state index contributed by atoms with van der Waals surface area (Å²) in [6, 6.07) is 2.10. The molecule has 6 heteroatoms. The number of Topliss-reactive ketones (excluding diaryl/α,β-unsaturated/α-hetero) is 1. The smallest absolute Gasteiger partial charge is 0.205 e. The molecule has 6 nitrogen and oxygen atoms in total. The average Bonchev–Trinajstić information content (AvgIpc) is 2.76. The number of nitriles is 1. The number of aromatic nitrogens is 2. The number of carbonyl (C=O) groups excluding carboxylic acids is 1. The average molecular weight is 284 g/mol. The molecule has 0 unspecified atom stereocenters. The third-order valence-corrected chi connectivity index (χ3v) is 3.97. The predicted molar refractivity (Wildman–Crippen MR) is 74.5 cm³/mol. The van der Waals surface area contributed by atoms with E-state index in [1.807, 2.05) is 20.2 Å². The standard InChI is InChI=1S/C15H16N4O2/c1-8-10(7-19(2)18-8)13-9(6-16)15(17)21-12-5-3-4-11(20)14(12)13/h7,13H,3-5,17H2,1-2H3/t13-/m0/s1. The molecule has 3 rings (SSSR count). The zero-order valence-corrected chi connectivity index (χ0v) is 12.0. The third kappa shape index (κ3) is 2.02. The largest absolute Gasteiger partial charge is 0.444 e. The van der Waals surface area contributed by atoms with Crippen LogP contribution in [0.15, 0.2) is 29.0 Å². The van der Waals surface area contributed by atoms with Gasteiger partial charge in [0.15, 0.2) is 5.78 Å². The summed E-state index contributed by atoms with van der Waals surface area (Å²) in [4.78, 5) is 12.4. The topological polar surface area (TPSA) is 93.9 Å². The maximum atomic E-state index is 12.4. The first-order valence-corrected chi connectivity index (χ1v) is 6.87. The van der Waals surface area contributed by atoms with Crippen molar-refractivity contribution in [2.45, 2.75) is 32.1 Å². The number of allylic oxidation sites excluding steroid dienone is 3. The molecule has 2 N–H and O–H groups in total. The minimum atomic E-state index is -0.458. The molecule has 0 spiro atoms. The Kier molecular flexibility index (Phi) is 3.05. The molecule has 0 amide bonds. The van der Waals surface area contributed by atoms with E-state index in [2.05, 4.69) is 11.2 Å².